The number of carbonyl (C=O) groups excluding carboxylic acids is 1. The molecule has 0 aliphatic rings. The minimum absolute atomic E-state index is 0.143. The van der Waals surface area contributed by atoms with Gasteiger partial charge in [0.1, 0.15) is 6.54 Å². The minimum atomic E-state index is -0.559. The molecule has 0 aliphatic heterocycles. The van der Waals surface area contributed by atoms with Gasteiger partial charge in [-0.3, -0.25) is 14.2 Å². The Kier molecular flexibility index (Phi) is 2.90. The highest BCUT2D eigenvalue weighted by Crippen LogP contribution is 2.22. The molecule has 0 saturated carbocycles. The number of aromatic nitrogens is 1. The molecule has 0 spiro atoms. The van der Waals surface area contributed by atoms with Crippen molar-refractivity contribution in [3.63, 3.8) is 0 Å². The third kappa shape index (κ3) is 2.17. The Hall–Kier alpha value is -1.81. The second-order valence-electron chi connectivity index (χ2n) is 3.90. The summed E-state index contributed by atoms with van der Waals surface area (Å²) in [6, 6.07) is 6.79. The fourth-order valence-corrected chi connectivity index (χ4v) is 2.02. The number of nitrogens with zero attached hydrogens (tertiary/aromatic N) is 1. The number of rotatable bonds is 2. The minimum Gasteiger partial charge on any atom is -0.368 e. The van der Waals surface area contributed by atoms with Gasteiger partial charge in [0.25, 0.3) is 5.56 Å². The second-order valence-corrected chi connectivity index (χ2v) is 4.31. The monoisotopic (exact) mass is 250 g/mol. The number of carbonyl (C=O) groups is 1. The molecule has 1 aromatic heterocycles. The van der Waals surface area contributed by atoms with E-state index in [1.807, 2.05) is 19.1 Å². The number of halogens is 1. The van der Waals surface area contributed by atoms with Crippen molar-refractivity contribution < 1.29 is 4.79 Å². The summed E-state index contributed by atoms with van der Waals surface area (Å²) in [5.41, 5.74) is 6.44. The number of primary amides is 1. The third-order valence-corrected chi connectivity index (χ3v) is 2.84. The lowest BCUT2D eigenvalue weighted by Gasteiger charge is -2.09. The summed E-state index contributed by atoms with van der Waals surface area (Å²) in [5, 5.41) is 1.13. The highest BCUT2D eigenvalue weighted by atomic mass is 35.5. The van der Waals surface area contributed by atoms with Crippen molar-refractivity contribution in [1.29, 1.82) is 0 Å². The highest BCUT2D eigenvalue weighted by Gasteiger charge is 2.09. The predicted octanol–water partition coefficient (Wildman–Crippen LogP) is 1.45. The zero-order valence-corrected chi connectivity index (χ0v) is 9.99. The van der Waals surface area contributed by atoms with Crippen LogP contribution in [0.5, 0.6) is 0 Å². The Bertz CT molecular complexity index is 661. The molecule has 0 saturated heterocycles. The molecule has 0 radical (unpaired) electrons. The molecule has 0 unspecified atom stereocenters. The van der Waals surface area contributed by atoms with Crippen molar-refractivity contribution in [2.45, 2.75) is 13.5 Å². The third-order valence-electron chi connectivity index (χ3n) is 2.53. The molecule has 1 amide bonds. The maximum atomic E-state index is 11.7. The first kappa shape index (κ1) is 11.7. The van der Waals surface area contributed by atoms with Crippen LogP contribution in [0.1, 0.15) is 5.56 Å². The number of nitrogens with two attached hydrogens (primary N) is 1. The van der Waals surface area contributed by atoms with Crippen molar-refractivity contribution in [2.24, 2.45) is 5.73 Å². The molecule has 2 aromatic rings. The van der Waals surface area contributed by atoms with Gasteiger partial charge in [0.15, 0.2) is 0 Å². The van der Waals surface area contributed by atoms with E-state index in [-0.39, 0.29) is 12.1 Å². The average molecular weight is 251 g/mol. The molecular weight excluding hydrogens is 240 g/mol. The molecule has 4 nitrogen and oxygen atoms in total. The van der Waals surface area contributed by atoms with Crippen LogP contribution in [0.25, 0.3) is 10.9 Å². The van der Waals surface area contributed by atoms with E-state index in [1.54, 1.807) is 6.07 Å². The van der Waals surface area contributed by atoms with Crippen LogP contribution < -0.4 is 11.3 Å². The van der Waals surface area contributed by atoms with E-state index in [0.717, 1.165) is 10.9 Å². The van der Waals surface area contributed by atoms with Gasteiger partial charge in [-0.25, -0.2) is 0 Å². The molecule has 0 fully saturated rings. The van der Waals surface area contributed by atoms with Gasteiger partial charge in [0, 0.05) is 11.5 Å². The van der Waals surface area contributed by atoms with Crippen molar-refractivity contribution in [2.75, 3.05) is 0 Å². The summed E-state index contributed by atoms with van der Waals surface area (Å²) < 4.78 is 1.32. The number of amides is 1. The summed E-state index contributed by atoms with van der Waals surface area (Å²) in [5.74, 6) is -0.559. The SMILES string of the molecule is Cc1ccc2c(c1)c(Cl)cc(=O)n2CC(N)=O. The first-order valence-corrected chi connectivity index (χ1v) is 5.45. The summed E-state index contributed by atoms with van der Waals surface area (Å²) in [6.45, 7) is 1.79. The molecule has 17 heavy (non-hydrogen) atoms. The Morgan fingerprint density at radius 1 is 1.41 bits per heavy atom. The van der Waals surface area contributed by atoms with Crippen molar-refractivity contribution in [3.05, 3.63) is 45.2 Å². The average Bonchev–Trinajstić information content (AvgIpc) is 2.24. The largest absolute Gasteiger partial charge is 0.368 e. The molecule has 88 valence electrons. The Balaban J connectivity index is 2.83. The van der Waals surface area contributed by atoms with E-state index in [4.69, 9.17) is 17.3 Å². The van der Waals surface area contributed by atoms with Gasteiger partial charge in [-0.15, -0.1) is 0 Å². The molecule has 0 bridgehead atoms. The van der Waals surface area contributed by atoms with Crippen LogP contribution in [0, 0.1) is 6.92 Å². The van der Waals surface area contributed by atoms with E-state index < -0.39 is 5.91 Å². The number of hydrogen-bond acceptors (Lipinski definition) is 2. The van der Waals surface area contributed by atoms with Crippen LogP contribution in [0.2, 0.25) is 5.02 Å². The zero-order chi connectivity index (χ0) is 12.6. The first-order chi connectivity index (χ1) is 7.99. The van der Waals surface area contributed by atoms with Gasteiger partial charge >= 0.3 is 0 Å². The van der Waals surface area contributed by atoms with Crippen molar-refractivity contribution in [1.82, 2.24) is 4.57 Å². The van der Waals surface area contributed by atoms with Crippen LogP contribution in [0.15, 0.2) is 29.1 Å². The maximum Gasteiger partial charge on any atom is 0.252 e. The van der Waals surface area contributed by atoms with E-state index in [9.17, 15) is 9.59 Å². The predicted molar refractivity (Wildman–Crippen MR) is 67.1 cm³/mol. The number of aryl methyl sites for hydroxylation is 1. The van der Waals surface area contributed by atoms with Gasteiger partial charge in [-0.1, -0.05) is 23.2 Å². The van der Waals surface area contributed by atoms with Crippen molar-refractivity contribution in [3.8, 4) is 0 Å². The zero-order valence-electron chi connectivity index (χ0n) is 9.24. The van der Waals surface area contributed by atoms with Gasteiger partial charge < -0.3 is 5.73 Å². The number of fused-ring (bicyclic) bond motifs is 1. The number of pyridine rings is 1. The number of benzene rings is 1. The lowest BCUT2D eigenvalue weighted by molar-refractivity contribution is -0.118. The van der Waals surface area contributed by atoms with E-state index in [1.165, 1.54) is 10.6 Å². The lowest BCUT2D eigenvalue weighted by Crippen LogP contribution is -2.27. The fourth-order valence-electron chi connectivity index (χ4n) is 1.78. The van der Waals surface area contributed by atoms with Gasteiger partial charge in [0.2, 0.25) is 5.91 Å². The van der Waals surface area contributed by atoms with Gasteiger partial charge in [0.05, 0.1) is 10.5 Å². The maximum absolute atomic E-state index is 11.7. The first-order valence-electron chi connectivity index (χ1n) is 5.07. The molecule has 0 atom stereocenters. The van der Waals surface area contributed by atoms with Crippen molar-refractivity contribution >= 4 is 28.4 Å². The smallest absolute Gasteiger partial charge is 0.252 e. The van der Waals surface area contributed by atoms with E-state index in [0.29, 0.717) is 10.5 Å². The standard InChI is InChI=1S/C12H11ClN2O2/c1-7-2-3-10-8(4-7)9(13)5-12(17)15(10)6-11(14)16/h2-5H,6H2,1H3,(H2,14,16). The summed E-state index contributed by atoms with van der Waals surface area (Å²) >= 11 is 6.01. The topological polar surface area (TPSA) is 65.1 Å². The Morgan fingerprint density at radius 2 is 2.12 bits per heavy atom. The van der Waals surface area contributed by atoms with E-state index >= 15 is 0 Å². The van der Waals surface area contributed by atoms with Crippen LogP contribution in [-0.2, 0) is 11.3 Å². The van der Waals surface area contributed by atoms with Gasteiger partial charge in [-0.2, -0.15) is 0 Å². The fraction of sp³-hybridized carbons (Fsp3) is 0.167. The Morgan fingerprint density at radius 3 is 2.76 bits per heavy atom. The van der Waals surface area contributed by atoms with Crippen LogP contribution in [0.4, 0.5) is 0 Å². The Labute approximate surface area is 103 Å². The molecular formula is C12H11ClN2O2. The van der Waals surface area contributed by atoms with Crippen LogP contribution in [0.3, 0.4) is 0 Å². The highest BCUT2D eigenvalue weighted by molar-refractivity contribution is 6.35. The van der Waals surface area contributed by atoms with E-state index in [2.05, 4.69) is 0 Å². The van der Waals surface area contributed by atoms with Gasteiger partial charge in [-0.05, 0) is 19.1 Å². The molecule has 1 heterocycles. The molecule has 2 rings (SSSR count). The summed E-state index contributed by atoms with van der Waals surface area (Å²) in [4.78, 5) is 22.7. The molecule has 1 aromatic carbocycles. The lowest BCUT2D eigenvalue weighted by atomic mass is 10.1. The molecule has 2 N–H and O–H groups in total. The normalized spacial score (nSPS) is 10.7. The van der Waals surface area contributed by atoms with Crippen LogP contribution in [-0.4, -0.2) is 10.5 Å². The second kappa shape index (κ2) is 4.22. The summed E-state index contributed by atoms with van der Waals surface area (Å²) in [7, 11) is 0. The number of hydrogen-bond donors (Lipinski definition) is 1. The molecule has 0 aliphatic carbocycles. The summed E-state index contributed by atoms with van der Waals surface area (Å²) in [6.07, 6.45) is 0. The quantitative estimate of drug-likeness (QED) is 0.877. The molecule has 5 heteroatoms. The van der Waals surface area contributed by atoms with Crippen LogP contribution >= 0.6 is 11.6 Å².